The molecule has 0 spiro atoms. The minimum Gasteiger partial charge on any atom is -0.353 e. The van der Waals surface area contributed by atoms with Crippen LogP contribution < -0.4 is 0 Å². The van der Waals surface area contributed by atoms with E-state index in [1.165, 1.54) is 51.4 Å². The van der Waals surface area contributed by atoms with Gasteiger partial charge < -0.3 is 9.47 Å². The van der Waals surface area contributed by atoms with Crippen molar-refractivity contribution in [3.05, 3.63) is 0 Å². The topological polar surface area (TPSA) is 18.5 Å². The molecule has 0 unspecified atom stereocenters. The number of unbranched alkanes of at least 4 members (excludes halogenated alkanes) is 6. The van der Waals surface area contributed by atoms with Gasteiger partial charge in [-0.05, 0) is 19.3 Å². The van der Waals surface area contributed by atoms with Crippen molar-refractivity contribution in [2.24, 2.45) is 0 Å². The largest absolute Gasteiger partial charge is 0.353 e. The lowest BCUT2D eigenvalue weighted by Crippen LogP contribution is -2.17. The maximum atomic E-state index is 5.72. The second-order valence-electron chi connectivity index (χ2n) is 4.70. The van der Waals surface area contributed by atoms with Gasteiger partial charge in [0.25, 0.3) is 0 Å². The van der Waals surface area contributed by atoms with E-state index in [2.05, 4.69) is 20.8 Å². The molecule has 0 aliphatic rings. The van der Waals surface area contributed by atoms with Crippen LogP contribution in [0, 0.1) is 0 Å². The van der Waals surface area contributed by atoms with Gasteiger partial charge in [-0.3, -0.25) is 0 Å². The van der Waals surface area contributed by atoms with Crippen molar-refractivity contribution in [3.8, 4) is 0 Å². The van der Waals surface area contributed by atoms with E-state index in [1.54, 1.807) is 0 Å². The van der Waals surface area contributed by atoms with E-state index in [9.17, 15) is 0 Å². The van der Waals surface area contributed by atoms with Crippen molar-refractivity contribution in [3.63, 3.8) is 0 Å². The molecule has 0 aliphatic heterocycles. The fourth-order valence-corrected chi connectivity index (χ4v) is 1.77. The first-order valence-electron chi connectivity index (χ1n) is 7.58. The molecule has 0 radical (unpaired) electrons. The first-order chi connectivity index (χ1) is 8.35. The van der Waals surface area contributed by atoms with Crippen LogP contribution >= 0.6 is 0 Å². The van der Waals surface area contributed by atoms with Crippen LogP contribution in [-0.4, -0.2) is 19.5 Å². The molecule has 0 aromatic carbocycles. The van der Waals surface area contributed by atoms with E-state index < -0.39 is 0 Å². The molecule has 0 amide bonds. The highest BCUT2D eigenvalue weighted by Crippen LogP contribution is 2.06. The standard InChI is InChI=1S/C15H32O2/c1-4-7-9-11-13-16-15(6-3)17-14-12-10-8-5-2/h15H,4-14H2,1-3H3. The zero-order valence-corrected chi connectivity index (χ0v) is 12.2. The van der Waals surface area contributed by atoms with Gasteiger partial charge in [0.15, 0.2) is 6.29 Å². The van der Waals surface area contributed by atoms with Crippen molar-refractivity contribution in [1.82, 2.24) is 0 Å². The summed E-state index contributed by atoms with van der Waals surface area (Å²) in [6, 6.07) is 0. The molecule has 104 valence electrons. The highest BCUT2D eigenvalue weighted by molar-refractivity contribution is 4.45. The predicted molar refractivity (Wildman–Crippen MR) is 74.3 cm³/mol. The summed E-state index contributed by atoms with van der Waals surface area (Å²) in [5.74, 6) is 0. The summed E-state index contributed by atoms with van der Waals surface area (Å²) in [4.78, 5) is 0. The van der Waals surface area contributed by atoms with Crippen molar-refractivity contribution >= 4 is 0 Å². The Kier molecular flexibility index (Phi) is 13.9. The molecule has 0 heterocycles. The number of hydrogen-bond acceptors (Lipinski definition) is 2. The molecule has 0 atom stereocenters. The van der Waals surface area contributed by atoms with Crippen molar-refractivity contribution in [1.29, 1.82) is 0 Å². The van der Waals surface area contributed by atoms with Gasteiger partial charge in [0, 0.05) is 13.2 Å². The monoisotopic (exact) mass is 244 g/mol. The van der Waals surface area contributed by atoms with E-state index >= 15 is 0 Å². The van der Waals surface area contributed by atoms with Crippen LogP contribution in [0.5, 0.6) is 0 Å². The van der Waals surface area contributed by atoms with Crippen LogP contribution in [0.2, 0.25) is 0 Å². The Morgan fingerprint density at radius 2 is 1.12 bits per heavy atom. The average molecular weight is 244 g/mol. The fourth-order valence-electron chi connectivity index (χ4n) is 1.77. The third-order valence-electron chi connectivity index (χ3n) is 2.94. The molecular formula is C15H32O2. The second kappa shape index (κ2) is 14.0. The van der Waals surface area contributed by atoms with E-state index in [0.717, 1.165) is 19.6 Å². The predicted octanol–water partition coefficient (Wildman–Crippen LogP) is 4.92. The Bertz CT molecular complexity index is 123. The van der Waals surface area contributed by atoms with Gasteiger partial charge in [0.2, 0.25) is 0 Å². The first kappa shape index (κ1) is 16.9. The highest BCUT2D eigenvalue weighted by Gasteiger charge is 2.05. The molecule has 0 fully saturated rings. The lowest BCUT2D eigenvalue weighted by molar-refractivity contribution is -0.144. The fraction of sp³-hybridized carbons (Fsp3) is 1.00. The SMILES string of the molecule is CCCCCCOC(CC)OCCCCCC. The zero-order valence-electron chi connectivity index (χ0n) is 12.2. The van der Waals surface area contributed by atoms with E-state index in [1.807, 2.05) is 0 Å². The van der Waals surface area contributed by atoms with Gasteiger partial charge in [0.1, 0.15) is 0 Å². The molecule has 0 rings (SSSR count). The zero-order chi connectivity index (χ0) is 12.8. The van der Waals surface area contributed by atoms with Gasteiger partial charge in [-0.1, -0.05) is 59.3 Å². The number of ether oxygens (including phenoxy) is 2. The summed E-state index contributed by atoms with van der Waals surface area (Å²) in [6.45, 7) is 8.30. The molecule has 0 bridgehead atoms. The van der Waals surface area contributed by atoms with Crippen molar-refractivity contribution < 1.29 is 9.47 Å². The molecule has 0 aromatic rings. The Morgan fingerprint density at radius 1 is 0.647 bits per heavy atom. The van der Waals surface area contributed by atoms with Gasteiger partial charge in [-0.25, -0.2) is 0 Å². The molecule has 0 aromatic heterocycles. The van der Waals surface area contributed by atoms with Crippen LogP contribution in [0.3, 0.4) is 0 Å². The molecule has 17 heavy (non-hydrogen) atoms. The summed E-state index contributed by atoms with van der Waals surface area (Å²) < 4.78 is 11.4. The van der Waals surface area contributed by atoms with Crippen LogP contribution in [-0.2, 0) is 9.47 Å². The van der Waals surface area contributed by atoms with Crippen LogP contribution in [0.4, 0.5) is 0 Å². The maximum Gasteiger partial charge on any atom is 0.157 e. The minimum absolute atomic E-state index is 0.0262. The quantitative estimate of drug-likeness (QED) is 0.338. The summed E-state index contributed by atoms with van der Waals surface area (Å²) in [5, 5.41) is 0. The van der Waals surface area contributed by atoms with E-state index in [-0.39, 0.29) is 6.29 Å². The summed E-state index contributed by atoms with van der Waals surface area (Å²) in [5.41, 5.74) is 0. The summed E-state index contributed by atoms with van der Waals surface area (Å²) in [6.07, 6.45) is 11.1. The Balaban J connectivity index is 3.30. The average Bonchev–Trinajstić information content (AvgIpc) is 2.36. The van der Waals surface area contributed by atoms with Crippen LogP contribution in [0.25, 0.3) is 0 Å². The van der Waals surface area contributed by atoms with Crippen LogP contribution in [0.1, 0.15) is 78.6 Å². The molecule has 2 nitrogen and oxygen atoms in total. The van der Waals surface area contributed by atoms with E-state index in [4.69, 9.17) is 9.47 Å². The van der Waals surface area contributed by atoms with Gasteiger partial charge in [0.05, 0.1) is 0 Å². The third-order valence-corrected chi connectivity index (χ3v) is 2.94. The lowest BCUT2D eigenvalue weighted by Gasteiger charge is -2.16. The molecular weight excluding hydrogens is 212 g/mol. The third kappa shape index (κ3) is 12.2. The van der Waals surface area contributed by atoms with Gasteiger partial charge in [-0.15, -0.1) is 0 Å². The molecule has 0 N–H and O–H groups in total. The Hall–Kier alpha value is -0.0800. The Morgan fingerprint density at radius 3 is 1.47 bits per heavy atom. The maximum absolute atomic E-state index is 5.72. The Labute approximate surface area is 108 Å². The summed E-state index contributed by atoms with van der Waals surface area (Å²) in [7, 11) is 0. The van der Waals surface area contributed by atoms with Crippen LogP contribution in [0.15, 0.2) is 0 Å². The molecule has 0 saturated heterocycles. The molecule has 2 heteroatoms. The lowest BCUT2D eigenvalue weighted by atomic mass is 10.2. The normalized spacial score (nSPS) is 11.3. The first-order valence-corrected chi connectivity index (χ1v) is 7.58. The minimum atomic E-state index is 0.0262. The molecule has 0 saturated carbocycles. The summed E-state index contributed by atoms with van der Waals surface area (Å²) >= 11 is 0. The number of rotatable bonds is 13. The molecule has 0 aliphatic carbocycles. The smallest absolute Gasteiger partial charge is 0.157 e. The van der Waals surface area contributed by atoms with Crippen molar-refractivity contribution in [2.45, 2.75) is 84.8 Å². The van der Waals surface area contributed by atoms with Gasteiger partial charge >= 0.3 is 0 Å². The number of hydrogen-bond donors (Lipinski definition) is 0. The van der Waals surface area contributed by atoms with Crippen molar-refractivity contribution in [2.75, 3.05) is 13.2 Å². The van der Waals surface area contributed by atoms with E-state index in [0.29, 0.717) is 0 Å². The second-order valence-corrected chi connectivity index (χ2v) is 4.70. The highest BCUT2D eigenvalue weighted by atomic mass is 16.7. The van der Waals surface area contributed by atoms with Gasteiger partial charge in [-0.2, -0.15) is 0 Å².